The van der Waals surface area contributed by atoms with Gasteiger partial charge in [-0.25, -0.2) is 0 Å². The molecular formula is C12H15NO. The molecule has 2 rings (SSSR count). The largest absolute Gasteiger partial charge is 0.315 e. The fourth-order valence-electron chi connectivity index (χ4n) is 1.50. The van der Waals surface area contributed by atoms with Crippen LogP contribution in [-0.4, -0.2) is 13.0 Å². The van der Waals surface area contributed by atoms with Gasteiger partial charge in [0.1, 0.15) is 0 Å². The monoisotopic (exact) mass is 189 g/mol. The molecule has 0 atom stereocenters. The van der Waals surface area contributed by atoms with Crippen LogP contribution in [0, 0.1) is 12.8 Å². The summed E-state index contributed by atoms with van der Waals surface area (Å²) >= 11 is 0. The van der Waals surface area contributed by atoms with Crippen LogP contribution in [0.3, 0.4) is 0 Å². The van der Waals surface area contributed by atoms with E-state index in [-0.39, 0.29) is 5.91 Å². The minimum atomic E-state index is 0.258. The summed E-state index contributed by atoms with van der Waals surface area (Å²) in [5, 5.41) is 0. The zero-order chi connectivity index (χ0) is 10.1. The minimum Gasteiger partial charge on any atom is -0.315 e. The van der Waals surface area contributed by atoms with Gasteiger partial charge in [0.15, 0.2) is 0 Å². The number of carbonyl (C=O) groups is 1. The highest BCUT2D eigenvalue weighted by Crippen LogP contribution is 2.32. The molecule has 0 spiro atoms. The second-order valence-corrected chi connectivity index (χ2v) is 4.01. The molecule has 0 bridgehead atoms. The van der Waals surface area contributed by atoms with Crippen LogP contribution in [0.1, 0.15) is 18.4 Å². The van der Waals surface area contributed by atoms with Crippen molar-refractivity contribution in [2.45, 2.75) is 19.8 Å². The summed E-state index contributed by atoms with van der Waals surface area (Å²) in [7, 11) is 1.85. The molecule has 1 aromatic carbocycles. The molecule has 2 nitrogen and oxygen atoms in total. The highest BCUT2D eigenvalue weighted by molar-refractivity contribution is 5.95. The van der Waals surface area contributed by atoms with E-state index in [0.717, 1.165) is 18.5 Å². The Morgan fingerprint density at radius 3 is 2.36 bits per heavy atom. The molecule has 0 saturated heterocycles. The Morgan fingerprint density at radius 1 is 1.29 bits per heavy atom. The molecule has 0 heterocycles. The number of rotatable bonds is 2. The van der Waals surface area contributed by atoms with E-state index in [9.17, 15) is 4.79 Å². The number of hydrogen-bond acceptors (Lipinski definition) is 1. The van der Waals surface area contributed by atoms with E-state index in [1.807, 2.05) is 38.2 Å². The molecular weight excluding hydrogens is 174 g/mol. The maximum atomic E-state index is 11.7. The predicted molar refractivity (Wildman–Crippen MR) is 57.3 cm³/mol. The molecule has 1 aromatic rings. The van der Waals surface area contributed by atoms with E-state index in [0.29, 0.717) is 5.92 Å². The van der Waals surface area contributed by atoms with Crippen molar-refractivity contribution in [3.05, 3.63) is 29.8 Å². The van der Waals surface area contributed by atoms with Gasteiger partial charge in [-0.1, -0.05) is 17.7 Å². The summed E-state index contributed by atoms with van der Waals surface area (Å²) in [6.45, 7) is 2.05. The molecule has 1 saturated carbocycles. The zero-order valence-corrected chi connectivity index (χ0v) is 8.66. The highest BCUT2D eigenvalue weighted by Gasteiger charge is 2.32. The van der Waals surface area contributed by atoms with E-state index >= 15 is 0 Å². The van der Waals surface area contributed by atoms with Crippen molar-refractivity contribution in [2.24, 2.45) is 5.92 Å². The van der Waals surface area contributed by atoms with Crippen LogP contribution >= 0.6 is 0 Å². The van der Waals surface area contributed by atoms with Crippen molar-refractivity contribution >= 4 is 11.6 Å². The highest BCUT2D eigenvalue weighted by atomic mass is 16.2. The van der Waals surface area contributed by atoms with Gasteiger partial charge in [0.05, 0.1) is 0 Å². The number of amides is 1. The molecule has 0 N–H and O–H groups in total. The molecule has 14 heavy (non-hydrogen) atoms. The second kappa shape index (κ2) is 3.45. The van der Waals surface area contributed by atoms with Crippen LogP contribution in [-0.2, 0) is 4.79 Å². The first-order chi connectivity index (χ1) is 6.68. The van der Waals surface area contributed by atoms with Gasteiger partial charge in [0.25, 0.3) is 0 Å². The average molecular weight is 189 g/mol. The quantitative estimate of drug-likeness (QED) is 0.699. The molecule has 1 amide bonds. The smallest absolute Gasteiger partial charge is 0.229 e. The van der Waals surface area contributed by atoms with E-state index in [1.165, 1.54) is 5.56 Å². The van der Waals surface area contributed by atoms with Crippen molar-refractivity contribution in [1.82, 2.24) is 0 Å². The number of anilines is 1. The van der Waals surface area contributed by atoms with Gasteiger partial charge in [-0.3, -0.25) is 4.79 Å². The Kier molecular flexibility index (Phi) is 2.28. The van der Waals surface area contributed by atoms with Crippen LogP contribution < -0.4 is 4.90 Å². The third kappa shape index (κ3) is 1.79. The second-order valence-electron chi connectivity index (χ2n) is 4.01. The van der Waals surface area contributed by atoms with Crippen LogP contribution in [0.4, 0.5) is 5.69 Å². The third-order valence-electron chi connectivity index (χ3n) is 2.68. The number of benzene rings is 1. The SMILES string of the molecule is Cc1ccc(N(C)C(=O)C2CC2)cc1. The van der Waals surface area contributed by atoms with Gasteiger partial charge in [-0.2, -0.15) is 0 Å². The number of carbonyl (C=O) groups excluding carboxylic acids is 1. The first-order valence-corrected chi connectivity index (χ1v) is 5.03. The standard InChI is InChI=1S/C12H15NO/c1-9-3-7-11(8-4-9)13(2)12(14)10-5-6-10/h3-4,7-8,10H,5-6H2,1-2H3. The lowest BCUT2D eigenvalue weighted by atomic mass is 10.2. The van der Waals surface area contributed by atoms with Crippen LogP contribution in [0.15, 0.2) is 24.3 Å². The Balaban J connectivity index is 2.13. The molecule has 74 valence electrons. The van der Waals surface area contributed by atoms with E-state index in [2.05, 4.69) is 0 Å². The summed E-state index contributed by atoms with van der Waals surface area (Å²) in [6.07, 6.45) is 2.13. The van der Waals surface area contributed by atoms with Gasteiger partial charge in [0.2, 0.25) is 5.91 Å². The van der Waals surface area contributed by atoms with Gasteiger partial charge < -0.3 is 4.90 Å². The van der Waals surface area contributed by atoms with Crippen molar-refractivity contribution in [3.63, 3.8) is 0 Å². The van der Waals surface area contributed by atoms with Crippen LogP contribution in [0.5, 0.6) is 0 Å². The van der Waals surface area contributed by atoms with Gasteiger partial charge in [0, 0.05) is 18.7 Å². The zero-order valence-electron chi connectivity index (χ0n) is 8.66. The Labute approximate surface area is 84.5 Å². The molecule has 2 heteroatoms. The predicted octanol–water partition coefficient (Wildman–Crippen LogP) is 2.37. The summed E-state index contributed by atoms with van der Waals surface area (Å²) in [4.78, 5) is 13.5. The fourth-order valence-corrected chi connectivity index (χ4v) is 1.50. The topological polar surface area (TPSA) is 20.3 Å². The normalized spacial score (nSPS) is 15.3. The molecule has 0 aromatic heterocycles. The van der Waals surface area contributed by atoms with Gasteiger partial charge in [-0.15, -0.1) is 0 Å². The van der Waals surface area contributed by atoms with Crippen LogP contribution in [0.25, 0.3) is 0 Å². The molecule has 1 fully saturated rings. The van der Waals surface area contributed by atoms with Crippen molar-refractivity contribution in [3.8, 4) is 0 Å². The van der Waals surface area contributed by atoms with Gasteiger partial charge >= 0.3 is 0 Å². The Hall–Kier alpha value is -1.31. The fraction of sp³-hybridized carbons (Fsp3) is 0.417. The number of aryl methyl sites for hydroxylation is 1. The first-order valence-electron chi connectivity index (χ1n) is 5.03. The minimum absolute atomic E-state index is 0.258. The van der Waals surface area contributed by atoms with Crippen molar-refractivity contribution < 1.29 is 4.79 Å². The van der Waals surface area contributed by atoms with E-state index in [1.54, 1.807) is 4.90 Å². The van der Waals surface area contributed by atoms with Crippen LogP contribution in [0.2, 0.25) is 0 Å². The summed E-state index contributed by atoms with van der Waals surface area (Å²) in [5.74, 6) is 0.551. The first kappa shape index (κ1) is 9.25. The summed E-state index contributed by atoms with van der Waals surface area (Å²) < 4.78 is 0. The summed E-state index contributed by atoms with van der Waals surface area (Å²) in [6, 6.07) is 8.06. The van der Waals surface area contributed by atoms with E-state index < -0.39 is 0 Å². The Bertz CT molecular complexity index is 338. The van der Waals surface area contributed by atoms with Crippen molar-refractivity contribution in [1.29, 1.82) is 0 Å². The molecule has 0 unspecified atom stereocenters. The Morgan fingerprint density at radius 2 is 1.86 bits per heavy atom. The lowest BCUT2D eigenvalue weighted by Gasteiger charge is -2.17. The maximum Gasteiger partial charge on any atom is 0.229 e. The average Bonchev–Trinajstić information content (AvgIpc) is 3.00. The molecule has 0 aliphatic heterocycles. The lowest BCUT2D eigenvalue weighted by molar-refractivity contribution is -0.119. The summed E-state index contributed by atoms with van der Waals surface area (Å²) in [5.41, 5.74) is 2.22. The third-order valence-corrected chi connectivity index (χ3v) is 2.68. The molecule has 1 aliphatic rings. The van der Waals surface area contributed by atoms with Gasteiger partial charge in [-0.05, 0) is 31.9 Å². The lowest BCUT2D eigenvalue weighted by Crippen LogP contribution is -2.27. The number of hydrogen-bond donors (Lipinski definition) is 0. The molecule has 1 aliphatic carbocycles. The number of nitrogens with zero attached hydrogens (tertiary/aromatic N) is 1. The van der Waals surface area contributed by atoms with E-state index in [4.69, 9.17) is 0 Å². The maximum absolute atomic E-state index is 11.7. The molecule has 0 radical (unpaired) electrons. The van der Waals surface area contributed by atoms with Crippen molar-refractivity contribution in [2.75, 3.05) is 11.9 Å².